The molecule has 1 fully saturated rings. The number of alkyl halides is 2. The van der Waals surface area contributed by atoms with E-state index in [0.717, 1.165) is 34.6 Å². The first-order valence-corrected chi connectivity index (χ1v) is 14.5. The number of amides is 1. The van der Waals surface area contributed by atoms with E-state index in [9.17, 15) is 23.5 Å². The number of hydrogen-bond donors (Lipinski definition) is 4. The lowest BCUT2D eigenvalue weighted by atomic mass is 9.91. The number of aromatic nitrogens is 1. The van der Waals surface area contributed by atoms with E-state index in [1.165, 1.54) is 11.1 Å². The summed E-state index contributed by atoms with van der Waals surface area (Å²) in [4.78, 5) is 29.2. The Morgan fingerprint density at radius 2 is 1.74 bits per heavy atom. The van der Waals surface area contributed by atoms with Crippen LogP contribution >= 0.6 is 11.3 Å². The summed E-state index contributed by atoms with van der Waals surface area (Å²) in [6.07, 6.45) is 2.14. The van der Waals surface area contributed by atoms with E-state index >= 15 is 0 Å². The number of hydrogen-bond acceptors (Lipinski definition) is 6. The Bertz CT molecular complexity index is 1300. The molecule has 212 valence electrons. The minimum absolute atomic E-state index is 0.00671. The summed E-state index contributed by atoms with van der Waals surface area (Å²) < 4.78 is 28.3. The maximum absolute atomic E-state index is 13.8. The largest absolute Gasteiger partial charge is 0.506 e. The standard InChI is InChI=1S/C29H38F2N4O3S/c1-20-4-2-3-5-21(20)10-15-32-17-12-25(37)35(23-8-13-29(30,31)14-9-23)19-18-33-16-11-22-6-7-24(36)26-27(22)39-28(38)34-26/h2-7,23,32-33,36H,8-19H2,1H3,(H,34,38). The van der Waals surface area contributed by atoms with Crippen molar-refractivity contribution >= 4 is 27.5 Å². The number of carbonyl (C=O) groups excluding carboxylic acids is 1. The van der Waals surface area contributed by atoms with Crippen LogP contribution in [-0.4, -0.2) is 65.6 Å². The SMILES string of the molecule is Cc1ccccc1CCNCCC(=O)N(CCNCCc1ccc(O)c2[nH]c(=O)sc12)C1CCC(F)(F)CC1. The molecule has 39 heavy (non-hydrogen) atoms. The first kappa shape index (κ1) is 29.2. The van der Waals surface area contributed by atoms with Gasteiger partial charge in [0.15, 0.2) is 0 Å². The van der Waals surface area contributed by atoms with Gasteiger partial charge in [0.05, 0.1) is 4.70 Å². The van der Waals surface area contributed by atoms with Gasteiger partial charge in [0, 0.05) is 44.9 Å². The summed E-state index contributed by atoms with van der Waals surface area (Å²) in [5.41, 5.74) is 3.95. The molecule has 0 saturated heterocycles. The van der Waals surface area contributed by atoms with E-state index in [1.54, 1.807) is 11.0 Å². The second-order valence-corrected chi connectivity index (χ2v) is 11.3. The molecule has 1 heterocycles. The molecule has 0 aliphatic heterocycles. The van der Waals surface area contributed by atoms with Crippen LogP contribution in [0.2, 0.25) is 0 Å². The van der Waals surface area contributed by atoms with Gasteiger partial charge in [-0.1, -0.05) is 41.7 Å². The van der Waals surface area contributed by atoms with Crippen molar-refractivity contribution in [2.45, 2.75) is 63.8 Å². The minimum atomic E-state index is -2.64. The van der Waals surface area contributed by atoms with Crippen LogP contribution in [0.5, 0.6) is 5.75 Å². The highest BCUT2D eigenvalue weighted by molar-refractivity contribution is 7.16. The van der Waals surface area contributed by atoms with E-state index in [4.69, 9.17) is 0 Å². The number of halogens is 2. The molecule has 1 aliphatic rings. The molecule has 1 aliphatic carbocycles. The Hall–Kier alpha value is -2.82. The van der Waals surface area contributed by atoms with Crippen molar-refractivity contribution < 1.29 is 18.7 Å². The number of carbonyl (C=O) groups is 1. The summed E-state index contributed by atoms with van der Waals surface area (Å²) in [5.74, 6) is -2.59. The Morgan fingerprint density at radius 3 is 2.49 bits per heavy atom. The smallest absolute Gasteiger partial charge is 0.305 e. The summed E-state index contributed by atoms with van der Waals surface area (Å²) in [7, 11) is 0. The number of phenolic OH excluding ortho intramolecular Hbond substituents is 1. The van der Waals surface area contributed by atoms with Crippen molar-refractivity contribution in [1.29, 1.82) is 0 Å². The fraction of sp³-hybridized carbons (Fsp3) is 0.517. The quantitative estimate of drug-likeness (QED) is 0.233. The number of rotatable bonds is 13. The normalized spacial score (nSPS) is 15.6. The van der Waals surface area contributed by atoms with Crippen molar-refractivity contribution in [3.05, 3.63) is 62.8 Å². The van der Waals surface area contributed by atoms with Gasteiger partial charge < -0.3 is 25.6 Å². The average Bonchev–Trinajstić information content (AvgIpc) is 3.31. The Kier molecular flexibility index (Phi) is 10.1. The number of benzene rings is 2. The van der Waals surface area contributed by atoms with E-state index in [0.29, 0.717) is 57.4 Å². The number of H-pyrrole nitrogens is 1. The van der Waals surface area contributed by atoms with Crippen molar-refractivity contribution in [1.82, 2.24) is 20.5 Å². The van der Waals surface area contributed by atoms with Gasteiger partial charge in [0.25, 0.3) is 0 Å². The van der Waals surface area contributed by atoms with Crippen molar-refractivity contribution in [2.75, 3.05) is 32.7 Å². The minimum Gasteiger partial charge on any atom is -0.506 e. The van der Waals surface area contributed by atoms with Crippen LogP contribution < -0.4 is 15.5 Å². The maximum atomic E-state index is 13.8. The van der Waals surface area contributed by atoms with E-state index in [-0.39, 0.29) is 35.4 Å². The second-order valence-electron chi connectivity index (χ2n) is 10.3. The Balaban J connectivity index is 1.25. The number of nitrogens with zero attached hydrogens (tertiary/aromatic N) is 1. The number of aromatic hydroxyl groups is 1. The summed E-state index contributed by atoms with van der Waals surface area (Å²) in [5, 5.41) is 16.7. The number of fused-ring (bicyclic) bond motifs is 1. The second kappa shape index (κ2) is 13.5. The summed E-state index contributed by atoms with van der Waals surface area (Å²) in [6, 6.07) is 11.5. The van der Waals surface area contributed by atoms with Crippen molar-refractivity contribution in [3.8, 4) is 5.75 Å². The first-order valence-electron chi connectivity index (χ1n) is 13.7. The van der Waals surface area contributed by atoms with Crippen LogP contribution in [0, 0.1) is 6.92 Å². The van der Waals surface area contributed by atoms with Gasteiger partial charge >= 0.3 is 4.87 Å². The predicted octanol–water partition coefficient (Wildman–Crippen LogP) is 4.36. The van der Waals surface area contributed by atoms with Crippen LogP contribution in [0.1, 0.15) is 48.8 Å². The lowest BCUT2D eigenvalue weighted by Crippen LogP contribution is -2.47. The molecule has 0 spiro atoms. The molecular weight excluding hydrogens is 522 g/mol. The molecule has 0 atom stereocenters. The zero-order valence-electron chi connectivity index (χ0n) is 22.4. The van der Waals surface area contributed by atoms with E-state index < -0.39 is 5.92 Å². The summed E-state index contributed by atoms with van der Waals surface area (Å²) in [6.45, 7) is 5.04. The zero-order valence-corrected chi connectivity index (χ0v) is 23.2. The fourth-order valence-electron chi connectivity index (χ4n) is 5.24. The number of nitrogens with one attached hydrogen (secondary N) is 3. The van der Waals surface area contributed by atoms with Gasteiger partial charge in [-0.3, -0.25) is 9.59 Å². The van der Waals surface area contributed by atoms with Gasteiger partial charge in [-0.2, -0.15) is 0 Å². The molecule has 4 N–H and O–H groups in total. The van der Waals surface area contributed by atoms with E-state index in [2.05, 4.69) is 34.7 Å². The third kappa shape index (κ3) is 8.09. The summed E-state index contributed by atoms with van der Waals surface area (Å²) >= 11 is 1.08. The molecule has 3 aromatic rings. The molecular formula is C29H38F2N4O3S. The number of aromatic amines is 1. The monoisotopic (exact) mass is 560 g/mol. The zero-order chi connectivity index (χ0) is 27.8. The highest BCUT2D eigenvalue weighted by atomic mass is 32.1. The van der Waals surface area contributed by atoms with Crippen LogP contribution in [0.15, 0.2) is 41.2 Å². The number of aryl methyl sites for hydroxylation is 1. The highest BCUT2D eigenvalue weighted by Gasteiger charge is 2.37. The molecule has 1 aromatic heterocycles. The third-order valence-corrected chi connectivity index (χ3v) is 8.49. The molecule has 2 aromatic carbocycles. The molecule has 1 saturated carbocycles. The number of phenols is 1. The van der Waals surface area contributed by atoms with Gasteiger partial charge in [0.2, 0.25) is 11.8 Å². The molecule has 1 amide bonds. The first-order chi connectivity index (χ1) is 18.7. The van der Waals surface area contributed by atoms with Crippen LogP contribution in [0.4, 0.5) is 8.78 Å². The van der Waals surface area contributed by atoms with E-state index in [1.807, 2.05) is 18.2 Å². The highest BCUT2D eigenvalue weighted by Crippen LogP contribution is 2.35. The lowest BCUT2D eigenvalue weighted by Gasteiger charge is -2.37. The van der Waals surface area contributed by atoms with Gasteiger partial charge in [-0.25, -0.2) is 8.78 Å². The average molecular weight is 561 g/mol. The van der Waals surface area contributed by atoms with Crippen LogP contribution in [0.3, 0.4) is 0 Å². The molecule has 10 heteroatoms. The third-order valence-electron chi connectivity index (χ3n) is 7.54. The Morgan fingerprint density at radius 1 is 1.05 bits per heavy atom. The Labute approximate surface area is 231 Å². The van der Waals surface area contributed by atoms with Crippen LogP contribution in [0.25, 0.3) is 10.2 Å². The van der Waals surface area contributed by atoms with Crippen molar-refractivity contribution in [3.63, 3.8) is 0 Å². The predicted molar refractivity (Wildman–Crippen MR) is 152 cm³/mol. The fourth-order valence-corrected chi connectivity index (χ4v) is 6.14. The van der Waals surface area contributed by atoms with Crippen molar-refractivity contribution in [2.24, 2.45) is 0 Å². The molecule has 0 bridgehead atoms. The molecule has 0 unspecified atom stereocenters. The molecule has 7 nitrogen and oxygen atoms in total. The van der Waals surface area contributed by atoms with Gasteiger partial charge in [-0.05, 0) is 68.5 Å². The lowest BCUT2D eigenvalue weighted by molar-refractivity contribution is -0.136. The van der Waals surface area contributed by atoms with Gasteiger partial charge in [0.1, 0.15) is 11.3 Å². The molecule has 0 radical (unpaired) electrons. The molecule has 4 rings (SSSR count). The van der Waals surface area contributed by atoms with Crippen LogP contribution in [-0.2, 0) is 17.6 Å². The topological polar surface area (TPSA) is 97.5 Å². The van der Waals surface area contributed by atoms with Gasteiger partial charge in [-0.15, -0.1) is 0 Å². The number of thiazole rings is 1. The maximum Gasteiger partial charge on any atom is 0.305 e.